The molecule has 0 bridgehead atoms. The summed E-state index contributed by atoms with van der Waals surface area (Å²) in [5.74, 6) is 1.20. The zero-order chi connectivity index (χ0) is 18.5. The van der Waals surface area contributed by atoms with Gasteiger partial charge in [0, 0.05) is 11.6 Å². The number of carbonyl (C=O) groups is 1. The summed E-state index contributed by atoms with van der Waals surface area (Å²) in [6.45, 7) is 0.780. The molecule has 0 aromatic heterocycles. The van der Waals surface area contributed by atoms with Gasteiger partial charge in [-0.15, -0.1) is 0 Å². The van der Waals surface area contributed by atoms with Crippen molar-refractivity contribution in [3.05, 3.63) is 52.0 Å². The zero-order valence-corrected chi connectivity index (χ0v) is 15.2. The summed E-state index contributed by atoms with van der Waals surface area (Å²) >= 11 is 11.8. The predicted molar refractivity (Wildman–Crippen MR) is 97.4 cm³/mol. The van der Waals surface area contributed by atoms with E-state index in [4.69, 9.17) is 37.4 Å². The molecule has 1 heterocycles. The van der Waals surface area contributed by atoms with Crippen molar-refractivity contribution in [2.45, 2.75) is 6.10 Å². The normalized spacial score (nSPS) is 13.8. The molecule has 138 valence electrons. The molecule has 6 nitrogen and oxygen atoms in total. The molecule has 1 aliphatic heterocycles. The molecule has 8 heteroatoms. The number of aliphatic hydroxyl groups is 1. The van der Waals surface area contributed by atoms with Crippen LogP contribution in [0.15, 0.2) is 36.4 Å². The number of carbonyl (C=O) groups excluding carboxylic acids is 1. The number of rotatable bonds is 6. The summed E-state index contributed by atoms with van der Waals surface area (Å²) < 4.78 is 16.3. The molecule has 0 saturated heterocycles. The number of ether oxygens (including phenoxy) is 3. The Hall–Kier alpha value is -2.15. The first-order valence-electron chi connectivity index (χ1n) is 7.95. The van der Waals surface area contributed by atoms with Gasteiger partial charge >= 0.3 is 0 Å². The van der Waals surface area contributed by atoms with Crippen LogP contribution in [0.3, 0.4) is 0 Å². The van der Waals surface area contributed by atoms with Gasteiger partial charge in [-0.1, -0.05) is 29.3 Å². The number of hydrogen-bond donors (Lipinski definition) is 2. The Kier molecular flexibility index (Phi) is 6.08. The highest BCUT2D eigenvalue weighted by molar-refractivity contribution is 6.35. The lowest BCUT2D eigenvalue weighted by atomic mass is 10.1. The maximum absolute atomic E-state index is 11.9. The minimum Gasteiger partial charge on any atom is -0.486 e. The molecule has 2 aromatic rings. The zero-order valence-electron chi connectivity index (χ0n) is 13.7. The molecular formula is C18H17Cl2NO5. The van der Waals surface area contributed by atoms with Crippen molar-refractivity contribution in [3.8, 4) is 17.2 Å². The molecule has 1 aliphatic rings. The van der Waals surface area contributed by atoms with Gasteiger partial charge in [-0.05, 0) is 35.9 Å². The molecule has 1 atom stereocenters. The fourth-order valence-corrected chi connectivity index (χ4v) is 2.85. The van der Waals surface area contributed by atoms with Gasteiger partial charge in [0.25, 0.3) is 5.91 Å². The van der Waals surface area contributed by atoms with Crippen molar-refractivity contribution < 1.29 is 24.1 Å². The lowest BCUT2D eigenvalue weighted by Crippen LogP contribution is -2.32. The van der Waals surface area contributed by atoms with Crippen molar-refractivity contribution in [2.24, 2.45) is 0 Å². The Morgan fingerprint density at radius 1 is 1.15 bits per heavy atom. The van der Waals surface area contributed by atoms with Crippen LogP contribution in [0.1, 0.15) is 11.7 Å². The third-order valence-corrected chi connectivity index (χ3v) is 4.23. The van der Waals surface area contributed by atoms with E-state index >= 15 is 0 Å². The molecule has 3 rings (SSSR count). The number of nitrogens with one attached hydrogen (secondary N) is 1. The highest BCUT2D eigenvalue weighted by atomic mass is 35.5. The number of hydrogen-bond acceptors (Lipinski definition) is 5. The standard InChI is InChI=1S/C18H17Cl2NO5/c19-12-2-4-15(13(20)8-12)26-10-18(23)21-9-14(22)11-1-3-16-17(7-11)25-6-5-24-16/h1-4,7-8,14,22H,5-6,9-10H2,(H,21,23). The van der Waals surface area contributed by atoms with Crippen LogP contribution in [0.25, 0.3) is 0 Å². The first-order chi connectivity index (χ1) is 12.5. The van der Waals surface area contributed by atoms with E-state index in [0.29, 0.717) is 46.1 Å². The molecule has 0 saturated carbocycles. The largest absolute Gasteiger partial charge is 0.486 e. The number of amides is 1. The maximum atomic E-state index is 11.9. The highest BCUT2D eigenvalue weighted by Gasteiger charge is 2.16. The topological polar surface area (TPSA) is 77.0 Å². The Bertz CT molecular complexity index is 799. The number of fused-ring (bicyclic) bond motifs is 1. The number of aliphatic hydroxyl groups excluding tert-OH is 1. The van der Waals surface area contributed by atoms with Crippen LogP contribution in [0.2, 0.25) is 10.0 Å². The summed E-state index contributed by atoms with van der Waals surface area (Å²) in [7, 11) is 0. The molecule has 0 radical (unpaired) electrons. The first kappa shape index (κ1) is 18.6. The van der Waals surface area contributed by atoms with Crippen LogP contribution in [0, 0.1) is 0 Å². The van der Waals surface area contributed by atoms with Gasteiger partial charge in [-0.25, -0.2) is 0 Å². The summed E-state index contributed by atoms with van der Waals surface area (Å²) in [5, 5.41) is 13.7. The summed E-state index contributed by atoms with van der Waals surface area (Å²) in [6.07, 6.45) is -0.881. The average molecular weight is 398 g/mol. The van der Waals surface area contributed by atoms with E-state index in [1.807, 2.05) is 0 Å². The van der Waals surface area contributed by atoms with Crippen molar-refractivity contribution in [1.29, 1.82) is 0 Å². The van der Waals surface area contributed by atoms with Gasteiger partial charge in [0.05, 0.1) is 11.1 Å². The third-order valence-electron chi connectivity index (χ3n) is 3.70. The molecule has 0 spiro atoms. The number of benzene rings is 2. The average Bonchev–Trinajstić information content (AvgIpc) is 2.65. The predicted octanol–water partition coefficient (Wildman–Crippen LogP) is 2.99. The minimum atomic E-state index is -0.881. The fraction of sp³-hybridized carbons (Fsp3) is 0.278. The third kappa shape index (κ3) is 4.72. The van der Waals surface area contributed by atoms with E-state index < -0.39 is 6.10 Å². The van der Waals surface area contributed by atoms with Crippen LogP contribution in [-0.2, 0) is 4.79 Å². The Balaban J connectivity index is 1.49. The molecule has 0 aliphatic carbocycles. The van der Waals surface area contributed by atoms with Gasteiger partial charge in [-0.2, -0.15) is 0 Å². The van der Waals surface area contributed by atoms with Crippen LogP contribution in [-0.4, -0.2) is 37.4 Å². The Morgan fingerprint density at radius 2 is 1.92 bits per heavy atom. The Morgan fingerprint density at radius 3 is 2.69 bits per heavy atom. The molecule has 2 N–H and O–H groups in total. The van der Waals surface area contributed by atoms with Crippen molar-refractivity contribution >= 4 is 29.1 Å². The molecular weight excluding hydrogens is 381 g/mol. The number of halogens is 2. The second-order valence-corrected chi connectivity index (χ2v) is 6.43. The molecule has 1 unspecified atom stereocenters. The molecule has 1 amide bonds. The second kappa shape index (κ2) is 8.49. The molecule has 26 heavy (non-hydrogen) atoms. The van der Waals surface area contributed by atoms with E-state index in [1.54, 1.807) is 30.3 Å². The quantitative estimate of drug-likeness (QED) is 0.783. The first-order valence-corrected chi connectivity index (χ1v) is 8.70. The maximum Gasteiger partial charge on any atom is 0.258 e. The summed E-state index contributed by atoms with van der Waals surface area (Å²) in [6, 6.07) is 9.90. The van der Waals surface area contributed by atoms with Crippen LogP contribution in [0.4, 0.5) is 0 Å². The lowest BCUT2D eigenvalue weighted by molar-refractivity contribution is -0.123. The second-order valence-electron chi connectivity index (χ2n) is 5.59. The van der Waals surface area contributed by atoms with Gasteiger partial charge < -0.3 is 24.6 Å². The molecule has 2 aromatic carbocycles. The van der Waals surface area contributed by atoms with Crippen molar-refractivity contribution in [2.75, 3.05) is 26.4 Å². The van der Waals surface area contributed by atoms with Crippen LogP contribution in [0.5, 0.6) is 17.2 Å². The van der Waals surface area contributed by atoms with E-state index in [1.165, 1.54) is 6.07 Å². The van der Waals surface area contributed by atoms with Gasteiger partial charge in [0.1, 0.15) is 19.0 Å². The monoisotopic (exact) mass is 397 g/mol. The van der Waals surface area contributed by atoms with Gasteiger partial charge in [-0.3, -0.25) is 4.79 Å². The highest BCUT2D eigenvalue weighted by Crippen LogP contribution is 2.32. The minimum absolute atomic E-state index is 0.0379. The van der Waals surface area contributed by atoms with Gasteiger partial charge in [0.15, 0.2) is 18.1 Å². The van der Waals surface area contributed by atoms with Crippen LogP contribution < -0.4 is 19.5 Å². The van der Waals surface area contributed by atoms with Crippen molar-refractivity contribution in [3.63, 3.8) is 0 Å². The summed E-state index contributed by atoms with van der Waals surface area (Å²) in [5.41, 5.74) is 0.621. The molecule has 0 fully saturated rings. The van der Waals surface area contributed by atoms with Crippen LogP contribution >= 0.6 is 23.2 Å². The Labute approximate surface area is 160 Å². The van der Waals surface area contributed by atoms with E-state index in [2.05, 4.69) is 5.32 Å². The van der Waals surface area contributed by atoms with Gasteiger partial charge in [0.2, 0.25) is 0 Å². The SMILES string of the molecule is O=C(COc1ccc(Cl)cc1Cl)NCC(O)c1ccc2c(c1)OCCO2. The van der Waals surface area contributed by atoms with E-state index in [0.717, 1.165) is 0 Å². The lowest BCUT2D eigenvalue weighted by Gasteiger charge is -2.20. The fourth-order valence-electron chi connectivity index (χ4n) is 2.38. The van der Waals surface area contributed by atoms with Crippen molar-refractivity contribution in [1.82, 2.24) is 5.32 Å². The van der Waals surface area contributed by atoms with E-state index in [-0.39, 0.29) is 19.1 Å². The van der Waals surface area contributed by atoms with E-state index in [9.17, 15) is 9.90 Å². The smallest absolute Gasteiger partial charge is 0.258 e. The summed E-state index contributed by atoms with van der Waals surface area (Å²) in [4.78, 5) is 11.9.